The maximum absolute atomic E-state index is 12.9. The number of amides is 3. The quantitative estimate of drug-likeness (QED) is 0.451. The van der Waals surface area contributed by atoms with Gasteiger partial charge >= 0.3 is 12.2 Å². The summed E-state index contributed by atoms with van der Waals surface area (Å²) >= 11 is 0. The van der Waals surface area contributed by atoms with Crippen molar-refractivity contribution in [3.05, 3.63) is 88.8 Å². The number of carbonyl (C=O) groups is 2. The van der Waals surface area contributed by atoms with Crippen LogP contribution in [-0.2, 0) is 17.5 Å². The monoisotopic (exact) mass is 426 g/mol. The molecule has 2 aromatic carbocycles. The van der Waals surface area contributed by atoms with E-state index < -0.39 is 23.7 Å². The molecule has 0 unspecified atom stereocenters. The van der Waals surface area contributed by atoms with Crippen molar-refractivity contribution in [1.82, 2.24) is 10.2 Å². The molecule has 8 heteroatoms. The lowest BCUT2D eigenvalue weighted by Gasteiger charge is -2.11. The summed E-state index contributed by atoms with van der Waals surface area (Å²) < 4.78 is 44.4. The molecule has 1 aliphatic heterocycles. The number of halogens is 3. The molecule has 2 heterocycles. The van der Waals surface area contributed by atoms with Crippen LogP contribution in [0.1, 0.15) is 22.5 Å². The summed E-state index contributed by atoms with van der Waals surface area (Å²) in [6, 6.07) is 14.7. The second kappa shape index (κ2) is 7.79. The second-order valence-corrected chi connectivity index (χ2v) is 7.15. The van der Waals surface area contributed by atoms with Crippen molar-refractivity contribution in [2.45, 2.75) is 19.6 Å². The molecule has 4 rings (SSSR count). The molecule has 0 saturated carbocycles. The number of alkyl halides is 3. The molecule has 5 nitrogen and oxygen atoms in total. The van der Waals surface area contributed by atoms with Gasteiger partial charge in [0.2, 0.25) is 0 Å². The van der Waals surface area contributed by atoms with Crippen LogP contribution in [0.5, 0.6) is 0 Å². The molecule has 3 aromatic rings. The van der Waals surface area contributed by atoms with Gasteiger partial charge in [0.25, 0.3) is 5.91 Å². The Hall–Kier alpha value is -3.81. The minimum absolute atomic E-state index is 0.0297. The maximum Gasteiger partial charge on any atom is 0.416 e. The molecule has 3 amide bonds. The maximum atomic E-state index is 12.9. The number of benzene rings is 2. The van der Waals surface area contributed by atoms with Gasteiger partial charge in [0, 0.05) is 11.6 Å². The van der Waals surface area contributed by atoms with Crippen molar-refractivity contribution in [1.29, 1.82) is 0 Å². The number of urea groups is 1. The van der Waals surface area contributed by atoms with Crippen LogP contribution in [0.15, 0.2) is 70.8 Å². The lowest BCUT2D eigenvalue weighted by atomic mass is 10.1. The number of hydrogen-bond acceptors (Lipinski definition) is 3. The summed E-state index contributed by atoms with van der Waals surface area (Å²) in [5.41, 5.74) is 1.37. The van der Waals surface area contributed by atoms with E-state index in [1.165, 1.54) is 30.3 Å². The molecular formula is C23H17F3N2O3. The van der Waals surface area contributed by atoms with E-state index in [0.29, 0.717) is 0 Å². The Kier molecular flexibility index (Phi) is 5.14. The lowest BCUT2D eigenvalue weighted by Crippen LogP contribution is -2.30. The van der Waals surface area contributed by atoms with Gasteiger partial charge in [-0.2, -0.15) is 13.2 Å². The highest BCUT2D eigenvalue weighted by molar-refractivity contribution is 6.13. The standard InChI is InChI=1S/C23H17F3N2O3/c1-14-5-7-15(8-6-14)13-28-21(29)19(27-22(28)30)12-18-9-10-20(31-18)16-3-2-4-17(11-16)23(24,25)26/h2-12H,13H2,1H3,(H,27,30)/b19-12+. The van der Waals surface area contributed by atoms with E-state index in [1.54, 1.807) is 0 Å². The van der Waals surface area contributed by atoms with Crippen molar-refractivity contribution in [3.63, 3.8) is 0 Å². The highest BCUT2D eigenvalue weighted by Gasteiger charge is 2.34. The zero-order chi connectivity index (χ0) is 22.2. The molecule has 1 saturated heterocycles. The number of aryl methyl sites for hydroxylation is 1. The molecule has 1 fully saturated rings. The molecule has 0 bridgehead atoms. The van der Waals surface area contributed by atoms with Gasteiger partial charge in [0.1, 0.15) is 17.2 Å². The van der Waals surface area contributed by atoms with Crippen molar-refractivity contribution < 1.29 is 27.2 Å². The summed E-state index contributed by atoms with van der Waals surface area (Å²) in [5, 5.41) is 2.50. The Balaban J connectivity index is 1.53. The number of rotatable bonds is 4. The Morgan fingerprint density at radius 1 is 1.03 bits per heavy atom. The Labute approximate surface area is 175 Å². The first-order valence-corrected chi connectivity index (χ1v) is 9.38. The van der Waals surface area contributed by atoms with Crippen molar-refractivity contribution >= 4 is 18.0 Å². The molecule has 1 aromatic heterocycles. The number of furan rings is 1. The largest absolute Gasteiger partial charge is 0.457 e. The third-order valence-corrected chi connectivity index (χ3v) is 4.81. The van der Waals surface area contributed by atoms with E-state index in [1.807, 2.05) is 31.2 Å². The highest BCUT2D eigenvalue weighted by Crippen LogP contribution is 2.33. The van der Waals surface area contributed by atoms with Gasteiger partial charge in [-0.25, -0.2) is 4.79 Å². The number of hydrogen-bond donors (Lipinski definition) is 1. The van der Waals surface area contributed by atoms with Gasteiger partial charge in [-0.3, -0.25) is 9.69 Å². The van der Waals surface area contributed by atoms with Gasteiger partial charge in [0.15, 0.2) is 0 Å². The molecular weight excluding hydrogens is 409 g/mol. The SMILES string of the molecule is Cc1ccc(CN2C(=O)N/C(=C/c3ccc(-c4cccc(C(F)(F)F)c4)o3)C2=O)cc1. The highest BCUT2D eigenvalue weighted by atomic mass is 19.4. The van der Waals surface area contributed by atoms with Crippen LogP contribution in [0.2, 0.25) is 0 Å². The zero-order valence-electron chi connectivity index (χ0n) is 16.4. The van der Waals surface area contributed by atoms with E-state index in [2.05, 4.69) is 5.32 Å². The lowest BCUT2D eigenvalue weighted by molar-refractivity contribution is -0.137. The van der Waals surface area contributed by atoms with Gasteiger partial charge in [-0.05, 0) is 36.8 Å². The minimum atomic E-state index is -4.46. The van der Waals surface area contributed by atoms with E-state index in [0.717, 1.165) is 28.2 Å². The van der Waals surface area contributed by atoms with E-state index in [-0.39, 0.29) is 29.3 Å². The molecule has 0 aliphatic carbocycles. The zero-order valence-corrected chi connectivity index (χ0v) is 16.4. The minimum Gasteiger partial charge on any atom is -0.457 e. The van der Waals surface area contributed by atoms with Crippen LogP contribution in [0, 0.1) is 6.92 Å². The smallest absolute Gasteiger partial charge is 0.416 e. The Morgan fingerprint density at radius 3 is 2.48 bits per heavy atom. The third kappa shape index (κ3) is 4.37. The van der Waals surface area contributed by atoms with Crippen LogP contribution in [-0.4, -0.2) is 16.8 Å². The van der Waals surface area contributed by atoms with Gasteiger partial charge in [-0.1, -0.05) is 42.0 Å². The average Bonchev–Trinajstić information content (AvgIpc) is 3.29. The second-order valence-electron chi connectivity index (χ2n) is 7.15. The fourth-order valence-electron chi connectivity index (χ4n) is 3.17. The average molecular weight is 426 g/mol. The van der Waals surface area contributed by atoms with Crippen LogP contribution >= 0.6 is 0 Å². The topological polar surface area (TPSA) is 62.6 Å². The van der Waals surface area contributed by atoms with Crippen LogP contribution in [0.25, 0.3) is 17.4 Å². The molecule has 1 N–H and O–H groups in total. The van der Waals surface area contributed by atoms with Crippen LogP contribution in [0.3, 0.4) is 0 Å². The third-order valence-electron chi connectivity index (χ3n) is 4.81. The van der Waals surface area contributed by atoms with Crippen LogP contribution < -0.4 is 5.32 Å². The number of nitrogens with one attached hydrogen (secondary N) is 1. The predicted molar refractivity (Wildman–Crippen MR) is 107 cm³/mol. The van der Waals surface area contributed by atoms with Gasteiger partial charge < -0.3 is 9.73 Å². The molecule has 0 radical (unpaired) electrons. The van der Waals surface area contributed by atoms with Crippen molar-refractivity contribution in [3.8, 4) is 11.3 Å². The fourth-order valence-corrected chi connectivity index (χ4v) is 3.17. The normalized spacial score (nSPS) is 15.6. The molecule has 0 atom stereocenters. The molecule has 31 heavy (non-hydrogen) atoms. The molecule has 1 aliphatic rings. The summed E-state index contributed by atoms with van der Waals surface area (Å²) in [4.78, 5) is 25.9. The fraction of sp³-hybridized carbons (Fsp3) is 0.130. The molecule has 0 spiro atoms. The first kappa shape index (κ1) is 20.5. The Morgan fingerprint density at radius 2 is 1.77 bits per heavy atom. The summed E-state index contributed by atoms with van der Waals surface area (Å²) in [5.74, 6) is -0.0675. The van der Waals surface area contributed by atoms with Gasteiger partial charge in [0.05, 0.1) is 12.1 Å². The van der Waals surface area contributed by atoms with E-state index in [4.69, 9.17) is 4.42 Å². The Bertz CT molecular complexity index is 1180. The summed E-state index contributed by atoms with van der Waals surface area (Å²) in [6.45, 7) is 2.06. The van der Waals surface area contributed by atoms with Crippen LogP contribution in [0.4, 0.5) is 18.0 Å². The van der Waals surface area contributed by atoms with Crippen molar-refractivity contribution in [2.24, 2.45) is 0 Å². The van der Waals surface area contributed by atoms with E-state index >= 15 is 0 Å². The first-order chi connectivity index (χ1) is 14.7. The molecule has 158 valence electrons. The number of imide groups is 1. The number of carbonyl (C=O) groups excluding carboxylic acids is 2. The van der Waals surface area contributed by atoms with Gasteiger partial charge in [-0.15, -0.1) is 0 Å². The number of nitrogens with zero attached hydrogens (tertiary/aromatic N) is 1. The van der Waals surface area contributed by atoms with E-state index in [9.17, 15) is 22.8 Å². The van der Waals surface area contributed by atoms with Crippen molar-refractivity contribution in [2.75, 3.05) is 0 Å². The summed E-state index contributed by atoms with van der Waals surface area (Å²) in [7, 11) is 0. The summed E-state index contributed by atoms with van der Waals surface area (Å²) in [6.07, 6.45) is -3.11. The first-order valence-electron chi connectivity index (χ1n) is 9.38. The predicted octanol–water partition coefficient (Wildman–Crippen LogP) is 5.37.